The van der Waals surface area contributed by atoms with E-state index in [0.717, 1.165) is 31.5 Å². The molecule has 2 rings (SSSR count). The maximum Gasteiger partial charge on any atom is 0.267 e. The van der Waals surface area contributed by atoms with Crippen molar-refractivity contribution in [2.75, 3.05) is 6.54 Å². The molecule has 6 heteroatoms. The first-order valence-corrected chi connectivity index (χ1v) is 8.59. The molecular weight excluding hydrogens is 290 g/mol. The summed E-state index contributed by atoms with van der Waals surface area (Å²) in [5.74, 6) is 0.0662. The summed E-state index contributed by atoms with van der Waals surface area (Å²) in [6, 6.07) is 2.07. The third kappa shape index (κ3) is 3.64. The van der Waals surface area contributed by atoms with Gasteiger partial charge in [0.15, 0.2) is 0 Å². The fourth-order valence-corrected chi connectivity index (χ4v) is 3.38. The first-order valence-electron chi connectivity index (χ1n) is 6.87. The van der Waals surface area contributed by atoms with E-state index in [9.17, 15) is 4.79 Å². The van der Waals surface area contributed by atoms with Crippen molar-refractivity contribution in [2.24, 2.45) is 0 Å². The lowest BCUT2D eigenvalue weighted by Crippen LogP contribution is -2.31. The van der Waals surface area contributed by atoms with Gasteiger partial charge in [0.05, 0.1) is 5.69 Å². The van der Waals surface area contributed by atoms with Crippen LogP contribution in [0.4, 0.5) is 0 Å². The average molecular weight is 309 g/mol. The Hall–Kier alpha value is -1.27. The Morgan fingerprint density at radius 3 is 2.85 bits per heavy atom. The average Bonchev–Trinajstić information content (AvgIpc) is 3.09. The van der Waals surface area contributed by atoms with E-state index in [4.69, 9.17) is 0 Å². The van der Waals surface area contributed by atoms with Crippen molar-refractivity contribution in [1.82, 2.24) is 14.5 Å². The fourth-order valence-electron chi connectivity index (χ4n) is 2.04. The minimum absolute atomic E-state index is 0.0662. The second kappa shape index (κ2) is 7.50. The van der Waals surface area contributed by atoms with Crippen molar-refractivity contribution in [3.63, 3.8) is 0 Å². The van der Waals surface area contributed by atoms with E-state index in [-0.39, 0.29) is 5.91 Å². The monoisotopic (exact) mass is 309 g/mol. The van der Waals surface area contributed by atoms with E-state index in [1.807, 2.05) is 10.3 Å². The molecule has 4 nitrogen and oxygen atoms in total. The standard InChI is InChI=1S/C14H19N3OS2/c1-3-5-12-13(20-16-15-12)14(18)17(7-4-2)9-11-6-8-19-10-11/h6,8,10H,3-5,7,9H2,1-2H3. The molecule has 2 aromatic rings. The largest absolute Gasteiger partial charge is 0.333 e. The number of thiophene rings is 1. The molecule has 0 spiro atoms. The second-order valence-corrected chi connectivity index (χ2v) is 6.19. The van der Waals surface area contributed by atoms with Crippen molar-refractivity contribution < 1.29 is 4.79 Å². The lowest BCUT2D eigenvalue weighted by atomic mass is 10.2. The van der Waals surface area contributed by atoms with E-state index in [1.54, 1.807) is 11.3 Å². The summed E-state index contributed by atoms with van der Waals surface area (Å²) in [6.07, 6.45) is 2.74. The summed E-state index contributed by atoms with van der Waals surface area (Å²) in [6.45, 7) is 5.60. The zero-order valence-corrected chi connectivity index (χ0v) is 13.5. The molecule has 2 aromatic heterocycles. The van der Waals surface area contributed by atoms with Gasteiger partial charge in [0.2, 0.25) is 0 Å². The number of hydrogen-bond donors (Lipinski definition) is 0. The molecule has 0 aliphatic heterocycles. The van der Waals surface area contributed by atoms with Crippen LogP contribution in [0.25, 0.3) is 0 Å². The highest BCUT2D eigenvalue weighted by Gasteiger charge is 2.21. The second-order valence-electron chi connectivity index (χ2n) is 4.66. The van der Waals surface area contributed by atoms with Crippen molar-refractivity contribution in [2.45, 2.75) is 39.7 Å². The van der Waals surface area contributed by atoms with Crippen LogP contribution in [0.5, 0.6) is 0 Å². The van der Waals surface area contributed by atoms with Gasteiger partial charge in [-0.3, -0.25) is 4.79 Å². The number of aryl methyl sites for hydroxylation is 1. The maximum absolute atomic E-state index is 12.7. The molecule has 0 aliphatic rings. The molecule has 0 unspecified atom stereocenters. The summed E-state index contributed by atoms with van der Waals surface area (Å²) in [4.78, 5) is 15.3. The number of amides is 1. The van der Waals surface area contributed by atoms with E-state index < -0.39 is 0 Å². The van der Waals surface area contributed by atoms with Crippen LogP contribution in [0.3, 0.4) is 0 Å². The number of nitrogens with zero attached hydrogens (tertiary/aromatic N) is 3. The van der Waals surface area contributed by atoms with Crippen molar-refractivity contribution in [1.29, 1.82) is 0 Å². The third-order valence-corrected chi connectivity index (χ3v) is 4.46. The normalized spacial score (nSPS) is 10.7. The van der Waals surface area contributed by atoms with Gasteiger partial charge in [-0.15, -0.1) is 5.10 Å². The summed E-state index contributed by atoms with van der Waals surface area (Å²) in [7, 11) is 0. The van der Waals surface area contributed by atoms with Crippen LogP contribution in [0.2, 0.25) is 0 Å². The summed E-state index contributed by atoms with van der Waals surface area (Å²) < 4.78 is 3.95. The Morgan fingerprint density at radius 1 is 1.35 bits per heavy atom. The first kappa shape index (κ1) is 15.1. The number of aromatic nitrogens is 2. The molecule has 20 heavy (non-hydrogen) atoms. The number of hydrogen-bond acceptors (Lipinski definition) is 5. The Kier molecular flexibility index (Phi) is 5.67. The first-order chi connectivity index (χ1) is 9.76. The molecule has 0 bridgehead atoms. The van der Waals surface area contributed by atoms with Gasteiger partial charge in [-0.2, -0.15) is 11.3 Å². The van der Waals surface area contributed by atoms with Crippen LogP contribution in [0.1, 0.15) is 47.6 Å². The summed E-state index contributed by atoms with van der Waals surface area (Å²) in [5, 5.41) is 8.22. The minimum Gasteiger partial charge on any atom is -0.333 e. The molecule has 0 N–H and O–H groups in total. The van der Waals surface area contributed by atoms with Gasteiger partial charge in [-0.05, 0) is 46.8 Å². The smallest absolute Gasteiger partial charge is 0.267 e. The van der Waals surface area contributed by atoms with E-state index in [2.05, 4.69) is 34.9 Å². The number of carbonyl (C=O) groups excluding carboxylic acids is 1. The molecular formula is C14H19N3OS2. The fraction of sp³-hybridized carbons (Fsp3) is 0.500. The molecule has 2 heterocycles. The molecule has 0 radical (unpaired) electrons. The van der Waals surface area contributed by atoms with Crippen LogP contribution >= 0.6 is 22.9 Å². The highest BCUT2D eigenvalue weighted by Crippen LogP contribution is 2.18. The van der Waals surface area contributed by atoms with Gasteiger partial charge >= 0.3 is 0 Å². The van der Waals surface area contributed by atoms with Gasteiger partial charge in [-0.1, -0.05) is 24.8 Å². The summed E-state index contributed by atoms with van der Waals surface area (Å²) in [5.41, 5.74) is 2.03. The zero-order valence-electron chi connectivity index (χ0n) is 11.8. The lowest BCUT2D eigenvalue weighted by molar-refractivity contribution is 0.0747. The van der Waals surface area contributed by atoms with E-state index in [0.29, 0.717) is 11.4 Å². The molecule has 108 valence electrons. The topological polar surface area (TPSA) is 46.1 Å². The Morgan fingerprint density at radius 2 is 2.20 bits per heavy atom. The van der Waals surface area contributed by atoms with Crippen LogP contribution in [-0.4, -0.2) is 26.9 Å². The predicted octanol–water partition coefficient (Wildman–Crippen LogP) is 3.60. The zero-order chi connectivity index (χ0) is 14.4. The molecule has 0 saturated carbocycles. The van der Waals surface area contributed by atoms with E-state index in [1.165, 1.54) is 17.1 Å². The molecule has 1 amide bonds. The Labute approximate surface area is 127 Å². The molecule has 0 saturated heterocycles. The van der Waals surface area contributed by atoms with Gasteiger partial charge in [0, 0.05) is 13.1 Å². The molecule has 0 aliphatic carbocycles. The van der Waals surface area contributed by atoms with Gasteiger partial charge < -0.3 is 4.90 Å². The quantitative estimate of drug-likeness (QED) is 0.785. The molecule has 0 fully saturated rings. The molecule has 0 aromatic carbocycles. The van der Waals surface area contributed by atoms with Crippen LogP contribution < -0.4 is 0 Å². The van der Waals surface area contributed by atoms with Crippen molar-refractivity contribution >= 4 is 28.8 Å². The highest BCUT2D eigenvalue weighted by molar-refractivity contribution is 7.08. The predicted molar refractivity (Wildman–Crippen MR) is 83.3 cm³/mol. The van der Waals surface area contributed by atoms with Gasteiger partial charge in [-0.25, -0.2) is 0 Å². The SMILES string of the molecule is CCCc1nnsc1C(=O)N(CCC)Cc1ccsc1. The van der Waals surface area contributed by atoms with Crippen LogP contribution in [0, 0.1) is 0 Å². The van der Waals surface area contributed by atoms with Crippen LogP contribution in [-0.2, 0) is 13.0 Å². The van der Waals surface area contributed by atoms with Crippen LogP contribution in [0.15, 0.2) is 16.8 Å². The Balaban J connectivity index is 2.15. The lowest BCUT2D eigenvalue weighted by Gasteiger charge is -2.21. The third-order valence-electron chi connectivity index (χ3n) is 2.97. The molecule has 0 atom stereocenters. The number of carbonyl (C=O) groups is 1. The number of rotatable bonds is 7. The van der Waals surface area contributed by atoms with Crippen molar-refractivity contribution in [3.05, 3.63) is 33.0 Å². The van der Waals surface area contributed by atoms with Crippen molar-refractivity contribution in [3.8, 4) is 0 Å². The minimum atomic E-state index is 0.0662. The van der Waals surface area contributed by atoms with Gasteiger partial charge in [0.25, 0.3) is 5.91 Å². The van der Waals surface area contributed by atoms with E-state index >= 15 is 0 Å². The van der Waals surface area contributed by atoms with Gasteiger partial charge in [0.1, 0.15) is 4.88 Å². The Bertz CT molecular complexity index is 536. The maximum atomic E-state index is 12.7. The summed E-state index contributed by atoms with van der Waals surface area (Å²) >= 11 is 2.87. The highest BCUT2D eigenvalue weighted by atomic mass is 32.1.